The van der Waals surface area contributed by atoms with Gasteiger partial charge in [0.1, 0.15) is 0 Å². The lowest BCUT2D eigenvalue weighted by molar-refractivity contribution is -0.138. The number of rotatable bonds is 7. The number of primary amides is 1. The number of nitrogens with zero attached hydrogens (tertiary/aromatic N) is 1. The first kappa shape index (κ1) is 19.4. The van der Waals surface area contributed by atoms with Crippen LogP contribution in [0.1, 0.15) is 18.2 Å². The monoisotopic (exact) mass is 377 g/mol. The summed E-state index contributed by atoms with van der Waals surface area (Å²) >= 11 is 0. The van der Waals surface area contributed by atoms with Gasteiger partial charge in [0.15, 0.2) is 5.60 Å². The quantitative estimate of drug-likeness (QED) is 0.662. The lowest BCUT2D eigenvalue weighted by atomic mass is 9.97. The zero-order chi connectivity index (χ0) is 20.0. The predicted molar refractivity (Wildman–Crippen MR) is 108 cm³/mol. The van der Waals surface area contributed by atoms with Crippen molar-refractivity contribution in [2.45, 2.75) is 25.4 Å². The molecular formula is C22H23N3O3. The van der Waals surface area contributed by atoms with Crippen LogP contribution in [-0.2, 0) is 22.4 Å². The van der Waals surface area contributed by atoms with E-state index in [1.54, 1.807) is 6.92 Å². The van der Waals surface area contributed by atoms with Gasteiger partial charge >= 0.3 is 6.09 Å². The molecule has 0 fully saturated rings. The van der Waals surface area contributed by atoms with Crippen molar-refractivity contribution in [1.29, 1.82) is 0 Å². The minimum absolute atomic E-state index is 0.123. The number of carbonyl (C=O) groups excluding carboxylic acids is 2. The number of nitrogens with one attached hydrogen (secondary N) is 1. The fourth-order valence-electron chi connectivity index (χ4n) is 3.09. The smallest absolute Gasteiger partial charge is 0.405 e. The van der Waals surface area contributed by atoms with Crippen LogP contribution in [0.4, 0.5) is 4.79 Å². The lowest BCUT2D eigenvalue weighted by Crippen LogP contribution is -2.50. The molecule has 3 rings (SSSR count). The molecule has 0 saturated heterocycles. The van der Waals surface area contributed by atoms with Crippen molar-refractivity contribution in [2.24, 2.45) is 5.73 Å². The highest BCUT2D eigenvalue weighted by atomic mass is 16.6. The van der Waals surface area contributed by atoms with Crippen LogP contribution >= 0.6 is 0 Å². The van der Waals surface area contributed by atoms with Crippen LogP contribution in [0, 0.1) is 0 Å². The Morgan fingerprint density at radius 3 is 2.50 bits per heavy atom. The molecule has 6 nitrogen and oxygen atoms in total. The molecule has 1 aromatic heterocycles. The van der Waals surface area contributed by atoms with E-state index < -0.39 is 17.6 Å². The second kappa shape index (κ2) is 8.52. The van der Waals surface area contributed by atoms with Gasteiger partial charge in [-0.15, -0.1) is 0 Å². The maximum atomic E-state index is 12.8. The third-order valence-corrected chi connectivity index (χ3v) is 4.52. The zero-order valence-electron chi connectivity index (χ0n) is 15.7. The molecule has 1 heterocycles. The molecule has 0 radical (unpaired) electrons. The molecule has 0 bridgehead atoms. The summed E-state index contributed by atoms with van der Waals surface area (Å²) in [6.07, 6.45) is -0.202. The third kappa shape index (κ3) is 4.85. The van der Waals surface area contributed by atoms with E-state index in [-0.39, 0.29) is 6.42 Å². The number of para-hydroxylation sites is 1. The number of fused-ring (bicyclic) bond motifs is 1. The summed E-state index contributed by atoms with van der Waals surface area (Å²) in [5.74, 6) is -0.405. The molecule has 2 amide bonds. The zero-order valence-corrected chi connectivity index (χ0v) is 15.7. The molecule has 3 N–H and O–H groups in total. The number of hydrogen-bond acceptors (Lipinski definition) is 4. The van der Waals surface area contributed by atoms with Crippen LogP contribution in [0.2, 0.25) is 0 Å². The van der Waals surface area contributed by atoms with Crippen LogP contribution in [0.25, 0.3) is 10.9 Å². The number of amides is 2. The molecule has 0 saturated carbocycles. The molecular weight excluding hydrogens is 354 g/mol. The predicted octanol–water partition coefficient (Wildman–Crippen LogP) is 2.99. The average molecular weight is 377 g/mol. The van der Waals surface area contributed by atoms with E-state index in [9.17, 15) is 9.59 Å². The molecule has 0 aliphatic rings. The number of carbonyl (C=O) groups is 2. The Morgan fingerprint density at radius 1 is 1.04 bits per heavy atom. The van der Waals surface area contributed by atoms with Gasteiger partial charge in [0.05, 0.1) is 5.52 Å². The molecule has 0 aliphatic heterocycles. The summed E-state index contributed by atoms with van der Waals surface area (Å²) in [4.78, 5) is 28.8. The molecule has 28 heavy (non-hydrogen) atoms. The first-order valence-electron chi connectivity index (χ1n) is 9.12. The first-order valence-corrected chi connectivity index (χ1v) is 9.12. The molecule has 6 heteroatoms. The van der Waals surface area contributed by atoms with Gasteiger partial charge in [-0.05, 0) is 31.0 Å². The number of aromatic nitrogens is 1. The molecule has 1 unspecified atom stereocenters. The van der Waals surface area contributed by atoms with Crippen LogP contribution in [0.3, 0.4) is 0 Å². The number of nitrogens with two attached hydrogens (primary N) is 1. The van der Waals surface area contributed by atoms with Gasteiger partial charge in [-0.3, -0.25) is 9.78 Å². The molecule has 0 aliphatic carbocycles. The summed E-state index contributed by atoms with van der Waals surface area (Å²) in [6, 6.07) is 21.2. The third-order valence-electron chi connectivity index (χ3n) is 4.52. The standard InChI is InChI=1S/C22H23N3O3/c1-22(28-21(23)27,20(26)24-14-13-16-7-3-2-4-8-16)15-18-12-11-17-9-5-6-10-19(17)25-18/h2-12H,13-15H2,1H3,(H2,23,27)(H,24,26). The van der Waals surface area contributed by atoms with Crippen LogP contribution in [0.5, 0.6) is 0 Å². The van der Waals surface area contributed by atoms with Crippen LogP contribution in [-0.4, -0.2) is 29.1 Å². The Morgan fingerprint density at radius 2 is 1.75 bits per heavy atom. The maximum absolute atomic E-state index is 12.8. The average Bonchev–Trinajstić information content (AvgIpc) is 2.68. The van der Waals surface area contributed by atoms with E-state index in [1.165, 1.54) is 0 Å². The number of ether oxygens (including phenoxy) is 1. The molecule has 0 spiro atoms. The van der Waals surface area contributed by atoms with Gasteiger partial charge in [-0.2, -0.15) is 0 Å². The van der Waals surface area contributed by atoms with E-state index in [0.29, 0.717) is 18.7 Å². The van der Waals surface area contributed by atoms with Crippen molar-refractivity contribution in [1.82, 2.24) is 10.3 Å². The Hall–Kier alpha value is -3.41. The summed E-state index contributed by atoms with van der Waals surface area (Å²) < 4.78 is 5.21. The Bertz CT molecular complexity index is 975. The lowest BCUT2D eigenvalue weighted by Gasteiger charge is -2.27. The minimum atomic E-state index is -1.45. The minimum Gasteiger partial charge on any atom is -0.433 e. The fraction of sp³-hybridized carbons (Fsp3) is 0.227. The van der Waals surface area contributed by atoms with Crippen molar-refractivity contribution in [2.75, 3.05) is 6.54 Å². The molecule has 144 valence electrons. The summed E-state index contributed by atoms with van der Waals surface area (Å²) in [5, 5.41) is 3.83. The second-order valence-electron chi connectivity index (χ2n) is 6.82. The van der Waals surface area contributed by atoms with Crippen molar-refractivity contribution >= 4 is 22.9 Å². The van der Waals surface area contributed by atoms with Crippen molar-refractivity contribution < 1.29 is 14.3 Å². The number of hydrogen-bond donors (Lipinski definition) is 2. The van der Waals surface area contributed by atoms with Gasteiger partial charge in [-0.1, -0.05) is 54.6 Å². The van der Waals surface area contributed by atoms with E-state index in [1.807, 2.05) is 66.7 Å². The maximum Gasteiger partial charge on any atom is 0.405 e. The van der Waals surface area contributed by atoms with Gasteiger partial charge in [0.2, 0.25) is 0 Å². The number of benzene rings is 2. The van der Waals surface area contributed by atoms with Crippen molar-refractivity contribution in [3.8, 4) is 0 Å². The van der Waals surface area contributed by atoms with E-state index >= 15 is 0 Å². The van der Waals surface area contributed by atoms with Gasteiger partial charge in [0, 0.05) is 24.0 Å². The highest BCUT2D eigenvalue weighted by molar-refractivity contribution is 5.87. The second-order valence-corrected chi connectivity index (χ2v) is 6.82. The highest BCUT2D eigenvalue weighted by Crippen LogP contribution is 2.20. The fourth-order valence-corrected chi connectivity index (χ4v) is 3.09. The summed E-state index contributed by atoms with van der Waals surface area (Å²) in [7, 11) is 0. The molecule has 2 aromatic carbocycles. The number of pyridine rings is 1. The van der Waals surface area contributed by atoms with Gasteiger partial charge < -0.3 is 15.8 Å². The highest BCUT2D eigenvalue weighted by Gasteiger charge is 2.37. The van der Waals surface area contributed by atoms with Crippen LogP contribution < -0.4 is 11.1 Å². The Kier molecular flexibility index (Phi) is 5.89. The normalized spacial score (nSPS) is 12.9. The molecule has 1 atom stereocenters. The van der Waals surface area contributed by atoms with E-state index in [4.69, 9.17) is 10.5 Å². The molecule has 3 aromatic rings. The largest absolute Gasteiger partial charge is 0.433 e. The summed E-state index contributed by atoms with van der Waals surface area (Å²) in [5.41, 5.74) is 6.33. The Labute approximate surface area is 163 Å². The van der Waals surface area contributed by atoms with Gasteiger partial charge in [0.25, 0.3) is 5.91 Å². The topological polar surface area (TPSA) is 94.3 Å². The Balaban J connectivity index is 1.72. The summed E-state index contributed by atoms with van der Waals surface area (Å²) in [6.45, 7) is 1.97. The van der Waals surface area contributed by atoms with E-state index in [2.05, 4.69) is 10.3 Å². The van der Waals surface area contributed by atoms with Crippen molar-refractivity contribution in [3.05, 3.63) is 78.0 Å². The van der Waals surface area contributed by atoms with E-state index in [0.717, 1.165) is 16.5 Å². The van der Waals surface area contributed by atoms with Gasteiger partial charge in [-0.25, -0.2) is 4.79 Å². The van der Waals surface area contributed by atoms with Crippen LogP contribution in [0.15, 0.2) is 66.7 Å². The first-order chi connectivity index (χ1) is 13.5. The SMILES string of the molecule is CC(Cc1ccc2ccccc2n1)(OC(N)=O)C(=O)NCCc1ccccc1. The van der Waals surface area contributed by atoms with Crippen molar-refractivity contribution in [3.63, 3.8) is 0 Å².